The van der Waals surface area contributed by atoms with Gasteiger partial charge in [-0.05, 0) is 49.4 Å². The molecule has 8 heteroatoms. The second-order valence-electron chi connectivity index (χ2n) is 6.96. The summed E-state index contributed by atoms with van der Waals surface area (Å²) in [5, 5.41) is 7.55. The Labute approximate surface area is 174 Å². The molecule has 7 nitrogen and oxygen atoms in total. The van der Waals surface area contributed by atoms with Crippen LogP contribution in [0.4, 0.5) is 0 Å². The third-order valence-electron chi connectivity index (χ3n) is 4.96. The molecule has 0 radical (unpaired) electrons. The van der Waals surface area contributed by atoms with Crippen molar-refractivity contribution in [1.29, 1.82) is 0 Å². The predicted molar refractivity (Wildman–Crippen MR) is 118 cm³/mol. The molecular weight excluding hydrogens is 394 g/mol. The number of thiophene rings is 1. The topological polar surface area (TPSA) is 96.0 Å². The first kappa shape index (κ1) is 17.0. The Bertz CT molecular complexity index is 1510. The van der Waals surface area contributed by atoms with Crippen LogP contribution in [0.15, 0.2) is 61.1 Å². The number of hydrogen-bond donors (Lipinski definition) is 2. The first-order chi connectivity index (χ1) is 14.8. The van der Waals surface area contributed by atoms with Crippen LogP contribution in [0.1, 0.15) is 4.88 Å². The lowest BCUT2D eigenvalue weighted by molar-refractivity contribution is 1.10. The fourth-order valence-corrected chi connectivity index (χ4v) is 4.39. The molecule has 6 heterocycles. The minimum atomic E-state index is 0.662. The van der Waals surface area contributed by atoms with Gasteiger partial charge >= 0.3 is 0 Å². The summed E-state index contributed by atoms with van der Waals surface area (Å²) in [6.07, 6.45) is 5.35. The highest BCUT2D eigenvalue weighted by molar-refractivity contribution is 7.15. The summed E-state index contributed by atoms with van der Waals surface area (Å²) in [5.74, 6) is 0.662. The van der Waals surface area contributed by atoms with Crippen molar-refractivity contribution >= 4 is 33.4 Å². The molecule has 0 saturated carbocycles. The first-order valence-corrected chi connectivity index (χ1v) is 10.3. The van der Waals surface area contributed by atoms with Gasteiger partial charge in [-0.15, -0.1) is 11.3 Å². The van der Waals surface area contributed by atoms with E-state index in [1.165, 1.54) is 4.88 Å². The van der Waals surface area contributed by atoms with Crippen LogP contribution in [-0.4, -0.2) is 35.1 Å². The largest absolute Gasteiger partial charge is 0.336 e. The smallest absolute Gasteiger partial charge is 0.161 e. The summed E-state index contributed by atoms with van der Waals surface area (Å²) < 4.78 is 0. The molecule has 0 aliphatic carbocycles. The molecule has 0 saturated heterocycles. The minimum Gasteiger partial charge on any atom is -0.336 e. The van der Waals surface area contributed by atoms with Gasteiger partial charge in [0.1, 0.15) is 16.7 Å². The summed E-state index contributed by atoms with van der Waals surface area (Å²) >= 11 is 1.71. The van der Waals surface area contributed by atoms with Crippen molar-refractivity contribution in [2.45, 2.75) is 6.92 Å². The minimum absolute atomic E-state index is 0.662. The highest BCUT2D eigenvalue weighted by atomic mass is 32.1. The van der Waals surface area contributed by atoms with Gasteiger partial charge in [0.2, 0.25) is 0 Å². The Morgan fingerprint density at radius 2 is 1.80 bits per heavy atom. The Hall–Kier alpha value is -3.91. The van der Waals surface area contributed by atoms with E-state index >= 15 is 0 Å². The van der Waals surface area contributed by atoms with Crippen molar-refractivity contribution < 1.29 is 0 Å². The molecule has 0 unspecified atom stereocenters. The number of nitrogens with zero attached hydrogens (tertiary/aromatic N) is 5. The van der Waals surface area contributed by atoms with E-state index in [1.807, 2.05) is 30.3 Å². The highest BCUT2D eigenvalue weighted by Gasteiger charge is 2.17. The Balaban J connectivity index is 1.52. The van der Waals surface area contributed by atoms with Crippen LogP contribution in [0.5, 0.6) is 0 Å². The molecule has 0 spiro atoms. The zero-order valence-corrected chi connectivity index (χ0v) is 16.7. The lowest BCUT2D eigenvalue weighted by Crippen LogP contribution is -1.87. The van der Waals surface area contributed by atoms with Crippen LogP contribution in [0.2, 0.25) is 0 Å². The summed E-state index contributed by atoms with van der Waals surface area (Å²) in [4.78, 5) is 24.2. The maximum atomic E-state index is 4.85. The van der Waals surface area contributed by atoms with E-state index in [4.69, 9.17) is 9.97 Å². The maximum absolute atomic E-state index is 4.85. The molecule has 0 bridgehead atoms. The fourth-order valence-electron chi connectivity index (χ4n) is 3.53. The van der Waals surface area contributed by atoms with E-state index in [2.05, 4.69) is 44.2 Å². The van der Waals surface area contributed by atoms with Gasteiger partial charge in [0.05, 0.1) is 21.6 Å². The predicted octanol–water partition coefficient (Wildman–Crippen LogP) is 5.00. The van der Waals surface area contributed by atoms with Crippen LogP contribution in [0.25, 0.3) is 55.4 Å². The van der Waals surface area contributed by atoms with Gasteiger partial charge in [-0.1, -0.05) is 0 Å². The standard InChI is InChI=1S/C22H15N7S/c1-12-4-7-17(30-12)20-18-15(8-10-24-20)26-22(27-18)21-19-16(28-29-21)6-5-14(25-19)13-3-2-9-23-11-13/h2-11H,1H3,(H,26,27)(H,28,29). The van der Waals surface area contributed by atoms with Gasteiger partial charge in [0.15, 0.2) is 11.5 Å². The van der Waals surface area contributed by atoms with Crippen molar-refractivity contribution in [2.24, 2.45) is 0 Å². The van der Waals surface area contributed by atoms with E-state index in [1.54, 1.807) is 29.9 Å². The molecule has 0 aromatic carbocycles. The first-order valence-electron chi connectivity index (χ1n) is 9.44. The molecule has 0 aliphatic rings. The van der Waals surface area contributed by atoms with E-state index < -0.39 is 0 Å². The molecule has 6 aromatic heterocycles. The summed E-state index contributed by atoms with van der Waals surface area (Å²) in [6, 6.07) is 13.9. The highest BCUT2D eigenvalue weighted by Crippen LogP contribution is 2.33. The molecule has 0 aliphatic heterocycles. The molecule has 6 aromatic rings. The van der Waals surface area contributed by atoms with Crippen LogP contribution in [0.3, 0.4) is 0 Å². The summed E-state index contributed by atoms with van der Waals surface area (Å²) in [7, 11) is 0. The summed E-state index contributed by atoms with van der Waals surface area (Å²) in [5.41, 5.74) is 6.70. The normalized spacial score (nSPS) is 11.5. The second kappa shape index (κ2) is 6.57. The lowest BCUT2D eigenvalue weighted by atomic mass is 10.2. The fraction of sp³-hybridized carbons (Fsp3) is 0.0455. The number of nitrogens with one attached hydrogen (secondary N) is 2. The van der Waals surface area contributed by atoms with Crippen LogP contribution >= 0.6 is 11.3 Å². The van der Waals surface area contributed by atoms with Gasteiger partial charge in [-0.3, -0.25) is 15.1 Å². The number of aromatic amines is 2. The molecular formula is C22H15N7S. The lowest BCUT2D eigenvalue weighted by Gasteiger charge is -2.00. The molecule has 144 valence electrons. The van der Waals surface area contributed by atoms with Gasteiger partial charge in [-0.2, -0.15) is 5.10 Å². The third-order valence-corrected chi connectivity index (χ3v) is 5.97. The van der Waals surface area contributed by atoms with Crippen molar-refractivity contribution in [3.05, 3.63) is 65.9 Å². The van der Waals surface area contributed by atoms with Crippen molar-refractivity contribution in [1.82, 2.24) is 35.1 Å². The molecule has 0 fully saturated rings. The second-order valence-corrected chi connectivity index (χ2v) is 8.25. The average molecular weight is 409 g/mol. The number of imidazole rings is 1. The molecule has 6 rings (SSSR count). The average Bonchev–Trinajstić information content (AvgIpc) is 3.51. The number of fused-ring (bicyclic) bond motifs is 2. The number of hydrogen-bond acceptors (Lipinski definition) is 6. The van der Waals surface area contributed by atoms with Gasteiger partial charge in [0.25, 0.3) is 0 Å². The van der Waals surface area contributed by atoms with Gasteiger partial charge in [0, 0.05) is 29.0 Å². The van der Waals surface area contributed by atoms with Crippen molar-refractivity contribution in [3.63, 3.8) is 0 Å². The van der Waals surface area contributed by atoms with Crippen LogP contribution < -0.4 is 0 Å². The quantitative estimate of drug-likeness (QED) is 0.429. The zero-order valence-electron chi connectivity index (χ0n) is 15.9. The van der Waals surface area contributed by atoms with Crippen LogP contribution in [0, 0.1) is 6.92 Å². The monoisotopic (exact) mass is 409 g/mol. The van der Waals surface area contributed by atoms with Crippen molar-refractivity contribution in [3.8, 4) is 33.3 Å². The number of pyridine rings is 3. The Morgan fingerprint density at radius 3 is 2.63 bits per heavy atom. The van der Waals surface area contributed by atoms with E-state index in [0.717, 1.165) is 43.9 Å². The number of aromatic nitrogens is 7. The van der Waals surface area contributed by atoms with Gasteiger partial charge in [-0.25, -0.2) is 9.97 Å². The maximum Gasteiger partial charge on any atom is 0.161 e. The number of H-pyrrole nitrogens is 2. The van der Waals surface area contributed by atoms with E-state index in [9.17, 15) is 0 Å². The molecule has 0 atom stereocenters. The third kappa shape index (κ3) is 2.69. The van der Waals surface area contributed by atoms with Gasteiger partial charge < -0.3 is 4.98 Å². The molecule has 30 heavy (non-hydrogen) atoms. The van der Waals surface area contributed by atoms with E-state index in [-0.39, 0.29) is 0 Å². The Morgan fingerprint density at radius 1 is 0.867 bits per heavy atom. The zero-order chi connectivity index (χ0) is 20.1. The molecule has 2 N–H and O–H groups in total. The van der Waals surface area contributed by atoms with Crippen LogP contribution in [-0.2, 0) is 0 Å². The molecule has 0 amide bonds. The van der Waals surface area contributed by atoms with Crippen molar-refractivity contribution in [2.75, 3.05) is 0 Å². The summed E-state index contributed by atoms with van der Waals surface area (Å²) in [6.45, 7) is 2.09. The SMILES string of the molecule is Cc1ccc(-c2nccc3[nH]c(-c4n[nH]c5ccc(-c6cccnc6)nc45)nc23)s1. The number of aryl methyl sites for hydroxylation is 1. The van der Waals surface area contributed by atoms with E-state index in [0.29, 0.717) is 11.5 Å². The number of rotatable bonds is 3. The Kier molecular flexibility index (Phi) is 3.72.